The fourth-order valence-electron chi connectivity index (χ4n) is 7.60. The lowest BCUT2D eigenvalue weighted by Crippen LogP contribution is -2.43. The van der Waals surface area contributed by atoms with Crippen LogP contribution in [0.4, 0.5) is 23.3 Å². The van der Waals surface area contributed by atoms with Crippen LogP contribution in [0.2, 0.25) is 0 Å². The molecule has 8 rings (SSSR count). The Morgan fingerprint density at radius 3 is 1.87 bits per heavy atom. The van der Waals surface area contributed by atoms with Crippen molar-refractivity contribution in [2.45, 2.75) is 52.9 Å². The average Bonchev–Trinajstić information content (AvgIpc) is 3.54. The number of aromatic amines is 1. The Hall–Kier alpha value is -4.97. The van der Waals surface area contributed by atoms with Gasteiger partial charge in [-0.05, 0) is 81.8 Å². The molecule has 3 aromatic heterocycles. The van der Waals surface area contributed by atoms with Crippen molar-refractivity contribution in [3.63, 3.8) is 0 Å². The van der Waals surface area contributed by atoms with Crippen molar-refractivity contribution < 1.29 is 19.4 Å². The van der Waals surface area contributed by atoms with E-state index in [-0.39, 0.29) is 17.7 Å². The molecule has 0 spiro atoms. The number of morpholine rings is 1. The van der Waals surface area contributed by atoms with Gasteiger partial charge in [-0.15, -0.1) is 0 Å². The molecule has 12 nitrogen and oxygen atoms in total. The van der Waals surface area contributed by atoms with E-state index in [4.69, 9.17) is 14.8 Å². The second kappa shape index (κ2) is 15.7. The number of benzene rings is 1. The highest BCUT2D eigenvalue weighted by Gasteiger charge is 2.34. The number of hydrogen-bond donors (Lipinski definition) is 2. The summed E-state index contributed by atoms with van der Waals surface area (Å²) in [5.41, 5.74) is 7.59. The zero-order chi connectivity index (χ0) is 36.2. The number of carbonyl (C=O) groups is 2. The van der Waals surface area contributed by atoms with Crippen molar-refractivity contribution in [2.24, 2.45) is 11.8 Å². The molecule has 3 fully saturated rings. The van der Waals surface area contributed by atoms with Crippen molar-refractivity contribution in [3.8, 4) is 11.3 Å². The number of ether oxygens (including phenoxy) is 1. The Morgan fingerprint density at radius 2 is 1.31 bits per heavy atom. The van der Waals surface area contributed by atoms with Crippen molar-refractivity contribution in [1.82, 2.24) is 19.9 Å². The minimum atomic E-state index is -0.670. The number of nitrogens with zero attached hydrogens (tertiary/aromatic N) is 7. The van der Waals surface area contributed by atoms with Crippen molar-refractivity contribution in [2.75, 3.05) is 78.6 Å². The van der Waals surface area contributed by atoms with E-state index in [9.17, 15) is 9.59 Å². The standard InChI is InChI=1S/C28H34N6O2.C12H16N2O2/c1-19-3-5-24-22(17-19)26-23(30-28(31-26)33-13-15-36-16-14-33)9-12-34(24)27(35)21-7-10-32(11-8-21)25-6-4-20(2)18-29-25;1-9-2-3-11(13-8-9)14-6-4-10(5-7-14)12(15)16/h3-6,17-18,21H,7-16H2,1-2H3,(H,30,31);2-3,8,10H,4-7H2,1H3,(H,15,16). The number of piperidine rings is 2. The maximum absolute atomic E-state index is 13.9. The van der Waals surface area contributed by atoms with Crippen LogP contribution in [0.25, 0.3) is 11.3 Å². The maximum Gasteiger partial charge on any atom is 0.306 e. The number of rotatable bonds is 5. The van der Waals surface area contributed by atoms with Gasteiger partial charge in [0.15, 0.2) is 0 Å². The largest absolute Gasteiger partial charge is 0.481 e. The summed E-state index contributed by atoms with van der Waals surface area (Å²) >= 11 is 0. The monoisotopic (exact) mass is 706 g/mol. The Morgan fingerprint density at radius 1 is 0.731 bits per heavy atom. The molecule has 274 valence electrons. The van der Waals surface area contributed by atoms with Gasteiger partial charge in [0, 0.05) is 81.8 Å². The highest BCUT2D eigenvalue weighted by Crippen LogP contribution is 2.39. The molecule has 1 amide bonds. The lowest BCUT2D eigenvalue weighted by Gasteiger charge is -2.35. The molecular weight excluding hydrogens is 656 g/mol. The number of amides is 1. The van der Waals surface area contributed by atoms with Crippen LogP contribution in [-0.4, -0.2) is 95.9 Å². The predicted octanol–water partition coefficient (Wildman–Crippen LogP) is 5.42. The van der Waals surface area contributed by atoms with Crippen LogP contribution in [0, 0.1) is 32.6 Å². The summed E-state index contributed by atoms with van der Waals surface area (Å²) in [5, 5.41) is 8.90. The van der Waals surface area contributed by atoms with Crippen molar-refractivity contribution in [1.29, 1.82) is 0 Å². The summed E-state index contributed by atoms with van der Waals surface area (Å²) in [6.45, 7) is 13.2. The number of carboxylic acid groups (broad SMARTS) is 1. The third kappa shape index (κ3) is 7.91. The van der Waals surface area contributed by atoms with Gasteiger partial charge < -0.3 is 34.4 Å². The molecule has 0 radical (unpaired) electrons. The van der Waals surface area contributed by atoms with Crippen LogP contribution >= 0.6 is 0 Å². The van der Waals surface area contributed by atoms with Gasteiger partial charge in [0.25, 0.3) is 0 Å². The van der Waals surface area contributed by atoms with Gasteiger partial charge in [-0.3, -0.25) is 9.59 Å². The molecular formula is C40H50N8O4. The van der Waals surface area contributed by atoms with Gasteiger partial charge in [0.05, 0.1) is 30.5 Å². The van der Waals surface area contributed by atoms with E-state index in [0.717, 1.165) is 123 Å². The van der Waals surface area contributed by atoms with Crippen LogP contribution < -0.4 is 19.6 Å². The second-order valence-corrected chi connectivity index (χ2v) is 14.5. The molecule has 52 heavy (non-hydrogen) atoms. The summed E-state index contributed by atoms with van der Waals surface area (Å²) in [4.78, 5) is 50.9. The number of aliphatic carboxylic acids is 1. The number of aromatic nitrogens is 4. The highest BCUT2D eigenvalue weighted by molar-refractivity contribution is 6.00. The first-order chi connectivity index (χ1) is 25.2. The van der Waals surface area contributed by atoms with E-state index in [1.165, 1.54) is 5.56 Å². The molecule has 0 bridgehead atoms. The second-order valence-electron chi connectivity index (χ2n) is 14.5. The first-order valence-electron chi connectivity index (χ1n) is 18.7. The smallest absolute Gasteiger partial charge is 0.306 e. The van der Waals surface area contributed by atoms with Crippen LogP contribution in [0.3, 0.4) is 0 Å². The Bertz CT molecular complexity index is 1840. The lowest BCUT2D eigenvalue weighted by atomic mass is 9.94. The number of aryl methyl sites for hydroxylation is 3. The molecule has 4 aliphatic rings. The van der Waals surface area contributed by atoms with Gasteiger partial charge in [0.2, 0.25) is 11.9 Å². The number of fused-ring (bicyclic) bond motifs is 3. The topological polar surface area (TPSA) is 131 Å². The number of imidazole rings is 1. The van der Waals surface area contributed by atoms with E-state index in [1.54, 1.807) is 0 Å². The number of carboxylic acids is 1. The van der Waals surface area contributed by atoms with Crippen LogP contribution in [-0.2, 0) is 20.7 Å². The summed E-state index contributed by atoms with van der Waals surface area (Å²) < 4.78 is 5.52. The zero-order valence-corrected chi connectivity index (χ0v) is 30.6. The SMILES string of the molecule is Cc1ccc(N2CCC(C(=O)N3CCc4[nH]c(N5CCOCC5)nc4-c4cc(C)ccc43)CC2)nc1.Cc1ccc(N2CCC(C(=O)O)CC2)nc1. The molecule has 3 saturated heterocycles. The molecule has 4 aromatic rings. The minimum absolute atomic E-state index is 0.0224. The molecule has 0 saturated carbocycles. The fraction of sp³-hybridized carbons (Fsp3) is 0.475. The van der Waals surface area contributed by atoms with Crippen LogP contribution in [0.15, 0.2) is 54.9 Å². The molecule has 0 unspecified atom stereocenters. The normalized spacial score (nSPS) is 18.2. The van der Waals surface area contributed by atoms with E-state index in [1.807, 2.05) is 36.4 Å². The summed E-state index contributed by atoms with van der Waals surface area (Å²) in [6.07, 6.45) is 7.64. The number of H-pyrrole nitrogens is 1. The molecule has 0 aliphatic carbocycles. The molecule has 2 N–H and O–H groups in total. The number of hydrogen-bond acceptors (Lipinski definition) is 9. The summed E-state index contributed by atoms with van der Waals surface area (Å²) in [7, 11) is 0. The number of nitrogens with one attached hydrogen (secondary N) is 1. The van der Waals surface area contributed by atoms with Gasteiger partial charge in [0.1, 0.15) is 11.6 Å². The third-order valence-electron chi connectivity index (χ3n) is 10.8. The predicted molar refractivity (Wildman–Crippen MR) is 203 cm³/mol. The van der Waals surface area contributed by atoms with E-state index >= 15 is 0 Å². The van der Waals surface area contributed by atoms with E-state index < -0.39 is 5.97 Å². The number of anilines is 4. The third-order valence-corrected chi connectivity index (χ3v) is 10.8. The van der Waals surface area contributed by atoms with Gasteiger partial charge in [-0.2, -0.15) is 0 Å². The van der Waals surface area contributed by atoms with E-state index in [0.29, 0.717) is 19.4 Å². The Kier molecular flexibility index (Phi) is 10.7. The first kappa shape index (κ1) is 35.4. The average molecular weight is 707 g/mol. The summed E-state index contributed by atoms with van der Waals surface area (Å²) in [6, 6.07) is 14.6. The molecule has 12 heteroatoms. The van der Waals surface area contributed by atoms with Crippen molar-refractivity contribution in [3.05, 3.63) is 77.2 Å². The maximum atomic E-state index is 13.9. The Balaban J connectivity index is 0.000000220. The zero-order valence-electron chi connectivity index (χ0n) is 30.6. The fourth-order valence-corrected chi connectivity index (χ4v) is 7.60. The molecule has 1 aromatic carbocycles. The highest BCUT2D eigenvalue weighted by atomic mass is 16.5. The van der Waals surface area contributed by atoms with Gasteiger partial charge in [-0.25, -0.2) is 15.0 Å². The first-order valence-corrected chi connectivity index (χ1v) is 18.7. The van der Waals surface area contributed by atoms with Gasteiger partial charge >= 0.3 is 5.97 Å². The molecule has 7 heterocycles. The lowest BCUT2D eigenvalue weighted by molar-refractivity contribution is -0.142. The minimum Gasteiger partial charge on any atom is -0.481 e. The van der Waals surface area contributed by atoms with Gasteiger partial charge in [-0.1, -0.05) is 23.8 Å². The Labute approximate surface area is 305 Å². The quantitative estimate of drug-likeness (QED) is 0.277. The number of carbonyl (C=O) groups excluding carboxylic acids is 1. The number of pyridine rings is 2. The van der Waals surface area contributed by atoms with Crippen LogP contribution in [0.1, 0.15) is 48.1 Å². The summed E-state index contributed by atoms with van der Waals surface area (Å²) in [5.74, 6) is 2.27. The molecule has 0 atom stereocenters. The van der Waals surface area contributed by atoms with E-state index in [2.05, 4.69) is 73.8 Å². The van der Waals surface area contributed by atoms with Crippen LogP contribution in [0.5, 0.6) is 0 Å². The molecule has 4 aliphatic heterocycles. The van der Waals surface area contributed by atoms with Crippen molar-refractivity contribution >= 4 is 35.1 Å².